The molecule has 0 saturated carbocycles. The van der Waals surface area contributed by atoms with Crippen LogP contribution in [0.2, 0.25) is 5.02 Å². The number of ether oxygens (including phenoxy) is 1. The summed E-state index contributed by atoms with van der Waals surface area (Å²) in [7, 11) is 0. The molecule has 138 valence electrons. The fraction of sp³-hybridized carbons (Fsp3) is 0.381. The van der Waals surface area contributed by atoms with Crippen molar-refractivity contribution in [2.75, 3.05) is 13.1 Å². The van der Waals surface area contributed by atoms with Crippen molar-refractivity contribution < 1.29 is 9.53 Å². The molecule has 0 radical (unpaired) electrons. The monoisotopic (exact) mass is 372 g/mol. The number of benzene rings is 2. The average Bonchev–Trinajstić information content (AvgIpc) is 2.69. The van der Waals surface area contributed by atoms with E-state index in [9.17, 15) is 4.79 Å². The number of carbonyl (C=O) groups excluding carboxylic acids is 1. The third-order valence-electron chi connectivity index (χ3n) is 4.80. The van der Waals surface area contributed by atoms with Crippen molar-refractivity contribution in [1.29, 1.82) is 0 Å². The maximum Gasteiger partial charge on any atom is 0.222 e. The molecule has 1 aliphatic rings. The Morgan fingerprint density at radius 1 is 1.04 bits per heavy atom. The van der Waals surface area contributed by atoms with Crippen LogP contribution in [0.5, 0.6) is 5.75 Å². The molecular weight excluding hydrogens is 348 g/mol. The van der Waals surface area contributed by atoms with Gasteiger partial charge in [-0.25, -0.2) is 0 Å². The highest BCUT2D eigenvalue weighted by atomic mass is 35.5. The van der Waals surface area contributed by atoms with Gasteiger partial charge in [0.1, 0.15) is 11.9 Å². The molecule has 0 aromatic heterocycles. The van der Waals surface area contributed by atoms with E-state index in [0.29, 0.717) is 18.0 Å². The molecule has 1 fully saturated rings. The first-order valence-corrected chi connectivity index (χ1v) is 9.50. The highest BCUT2D eigenvalue weighted by Crippen LogP contribution is 2.21. The van der Waals surface area contributed by atoms with E-state index in [2.05, 4.69) is 12.1 Å². The Morgan fingerprint density at radius 3 is 2.27 bits per heavy atom. The largest absolute Gasteiger partial charge is 0.490 e. The number of hydrogen-bond acceptors (Lipinski definition) is 3. The second-order valence-corrected chi connectivity index (χ2v) is 7.11. The number of halogens is 1. The van der Waals surface area contributed by atoms with Crippen LogP contribution in [0.3, 0.4) is 0 Å². The smallest absolute Gasteiger partial charge is 0.222 e. The second kappa shape index (κ2) is 9.06. The maximum atomic E-state index is 12.4. The van der Waals surface area contributed by atoms with Crippen LogP contribution in [0.15, 0.2) is 48.5 Å². The Labute approximate surface area is 159 Å². The van der Waals surface area contributed by atoms with Crippen LogP contribution in [0.4, 0.5) is 0 Å². The molecule has 0 spiro atoms. The van der Waals surface area contributed by atoms with E-state index in [0.717, 1.165) is 43.7 Å². The summed E-state index contributed by atoms with van der Waals surface area (Å²) in [5.41, 5.74) is 7.90. The van der Waals surface area contributed by atoms with Gasteiger partial charge in [0.2, 0.25) is 5.91 Å². The predicted molar refractivity (Wildman–Crippen MR) is 104 cm³/mol. The zero-order chi connectivity index (χ0) is 18.4. The average molecular weight is 373 g/mol. The minimum Gasteiger partial charge on any atom is -0.490 e. The van der Waals surface area contributed by atoms with E-state index in [-0.39, 0.29) is 12.0 Å². The summed E-state index contributed by atoms with van der Waals surface area (Å²) < 4.78 is 5.98. The zero-order valence-electron chi connectivity index (χ0n) is 14.9. The quantitative estimate of drug-likeness (QED) is 0.839. The lowest BCUT2D eigenvalue weighted by atomic mass is 10.0. The van der Waals surface area contributed by atoms with Crippen molar-refractivity contribution in [2.45, 2.75) is 38.3 Å². The highest BCUT2D eigenvalue weighted by Gasteiger charge is 2.23. The van der Waals surface area contributed by atoms with Crippen LogP contribution in [-0.4, -0.2) is 30.0 Å². The molecule has 1 aliphatic heterocycles. The molecule has 2 N–H and O–H groups in total. The van der Waals surface area contributed by atoms with Crippen LogP contribution in [0.25, 0.3) is 0 Å². The number of aryl methyl sites for hydroxylation is 1. The van der Waals surface area contributed by atoms with Gasteiger partial charge in [-0.1, -0.05) is 35.9 Å². The first-order valence-electron chi connectivity index (χ1n) is 9.12. The van der Waals surface area contributed by atoms with E-state index in [1.807, 2.05) is 41.3 Å². The summed E-state index contributed by atoms with van der Waals surface area (Å²) in [6, 6.07) is 15.6. The number of amides is 1. The highest BCUT2D eigenvalue weighted by molar-refractivity contribution is 6.30. The summed E-state index contributed by atoms with van der Waals surface area (Å²) in [6.45, 7) is 2.05. The fourth-order valence-electron chi connectivity index (χ4n) is 3.18. The Hall–Kier alpha value is -2.04. The first-order chi connectivity index (χ1) is 12.6. The van der Waals surface area contributed by atoms with Crippen LogP contribution in [0.1, 0.15) is 30.4 Å². The van der Waals surface area contributed by atoms with E-state index in [1.165, 1.54) is 5.56 Å². The van der Waals surface area contributed by atoms with Gasteiger partial charge < -0.3 is 15.4 Å². The molecule has 0 aliphatic carbocycles. The van der Waals surface area contributed by atoms with Crippen LogP contribution < -0.4 is 10.5 Å². The predicted octanol–water partition coefficient (Wildman–Crippen LogP) is 3.80. The van der Waals surface area contributed by atoms with Gasteiger partial charge in [0, 0.05) is 43.9 Å². The van der Waals surface area contributed by atoms with Gasteiger partial charge in [-0.15, -0.1) is 0 Å². The van der Waals surface area contributed by atoms with E-state index in [4.69, 9.17) is 22.1 Å². The fourth-order valence-corrected chi connectivity index (χ4v) is 3.31. The maximum absolute atomic E-state index is 12.4. The van der Waals surface area contributed by atoms with Gasteiger partial charge in [-0.05, 0) is 41.8 Å². The van der Waals surface area contributed by atoms with Crippen molar-refractivity contribution in [1.82, 2.24) is 4.90 Å². The van der Waals surface area contributed by atoms with Crippen molar-refractivity contribution in [3.63, 3.8) is 0 Å². The molecular formula is C21H25ClN2O2. The number of likely N-dealkylation sites (tertiary alicyclic amines) is 1. The van der Waals surface area contributed by atoms with E-state index < -0.39 is 0 Å². The summed E-state index contributed by atoms with van der Waals surface area (Å²) in [4.78, 5) is 14.4. The van der Waals surface area contributed by atoms with Crippen LogP contribution in [-0.2, 0) is 17.8 Å². The molecule has 0 unspecified atom stereocenters. The SMILES string of the molecule is NCc1ccc(CCC(=O)N2CCC(Oc3ccc(Cl)cc3)CC2)cc1. The number of hydrogen-bond donors (Lipinski definition) is 1. The van der Waals surface area contributed by atoms with Crippen LogP contribution in [0, 0.1) is 0 Å². The molecule has 26 heavy (non-hydrogen) atoms. The van der Waals surface area contributed by atoms with Gasteiger partial charge in [-0.3, -0.25) is 4.79 Å². The number of nitrogens with two attached hydrogens (primary N) is 1. The molecule has 4 nitrogen and oxygen atoms in total. The van der Waals surface area contributed by atoms with Crippen LogP contribution >= 0.6 is 11.6 Å². The first kappa shape index (κ1) is 18.7. The normalized spacial score (nSPS) is 15.1. The minimum atomic E-state index is 0.157. The lowest BCUT2D eigenvalue weighted by Crippen LogP contribution is -2.41. The zero-order valence-corrected chi connectivity index (χ0v) is 15.6. The van der Waals surface area contributed by atoms with Gasteiger partial charge in [-0.2, -0.15) is 0 Å². The Bertz CT molecular complexity index is 708. The van der Waals surface area contributed by atoms with Gasteiger partial charge in [0.05, 0.1) is 0 Å². The molecule has 0 atom stereocenters. The van der Waals surface area contributed by atoms with Crippen molar-refractivity contribution in [3.05, 3.63) is 64.7 Å². The molecule has 2 aromatic carbocycles. The van der Waals surface area contributed by atoms with Crippen molar-refractivity contribution in [2.24, 2.45) is 5.73 Å². The lowest BCUT2D eigenvalue weighted by Gasteiger charge is -2.32. The summed E-state index contributed by atoms with van der Waals surface area (Å²) in [6.07, 6.45) is 3.19. The van der Waals surface area contributed by atoms with E-state index in [1.54, 1.807) is 0 Å². The summed E-state index contributed by atoms with van der Waals surface area (Å²) >= 11 is 5.89. The Balaban J connectivity index is 1.42. The Morgan fingerprint density at radius 2 is 1.65 bits per heavy atom. The topological polar surface area (TPSA) is 55.6 Å². The molecule has 1 amide bonds. The summed E-state index contributed by atoms with van der Waals surface area (Å²) in [5, 5.41) is 0.704. The molecule has 0 bridgehead atoms. The second-order valence-electron chi connectivity index (χ2n) is 6.67. The molecule has 1 saturated heterocycles. The van der Waals surface area contributed by atoms with Gasteiger partial charge in [0.25, 0.3) is 0 Å². The minimum absolute atomic E-state index is 0.157. The third kappa shape index (κ3) is 5.23. The Kier molecular flexibility index (Phi) is 6.53. The molecule has 1 heterocycles. The number of nitrogens with zero attached hydrogens (tertiary/aromatic N) is 1. The third-order valence-corrected chi connectivity index (χ3v) is 5.05. The van der Waals surface area contributed by atoms with Gasteiger partial charge >= 0.3 is 0 Å². The molecule has 2 aromatic rings. The van der Waals surface area contributed by atoms with Crippen molar-refractivity contribution in [3.8, 4) is 5.75 Å². The standard InChI is InChI=1S/C21H25ClN2O2/c22-18-6-8-19(9-7-18)26-20-11-13-24(14-12-20)21(25)10-5-16-1-3-17(15-23)4-2-16/h1-4,6-9,20H,5,10-15,23H2. The lowest BCUT2D eigenvalue weighted by molar-refractivity contribution is -0.132. The van der Waals surface area contributed by atoms with E-state index >= 15 is 0 Å². The van der Waals surface area contributed by atoms with Gasteiger partial charge in [0.15, 0.2) is 0 Å². The molecule has 3 rings (SSSR count). The van der Waals surface area contributed by atoms with Crippen molar-refractivity contribution >= 4 is 17.5 Å². The number of piperidine rings is 1. The summed E-state index contributed by atoms with van der Waals surface area (Å²) in [5.74, 6) is 1.05. The number of carbonyl (C=O) groups is 1. The number of rotatable bonds is 6. The molecule has 5 heteroatoms.